The lowest BCUT2D eigenvalue weighted by molar-refractivity contribution is 0.0000643. The van der Waals surface area contributed by atoms with Crippen LogP contribution in [0.1, 0.15) is 16.9 Å². The Morgan fingerprint density at radius 2 is 2.14 bits per heavy atom. The van der Waals surface area contributed by atoms with E-state index in [1.165, 1.54) is 0 Å². The molecule has 0 aliphatic carbocycles. The predicted molar refractivity (Wildman–Crippen MR) is 85.0 cm³/mol. The minimum Gasteiger partial charge on any atom is -0.493 e. The summed E-state index contributed by atoms with van der Waals surface area (Å²) in [6.07, 6.45) is 0.454. The minimum absolute atomic E-state index is 0.156. The molecule has 2 aromatic rings. The fourth-order valence-corrected chi connectivity index (χ4v) is 3.14. The van der Waals surface area contributed by atoms with Crippen molar-refractivity contribution in [2.75, 3.05) is 13.2 Å². The highest BCUT2D eigenvalue weighted by atomic mass is 32.1. The van der Waals surface area contributed by atoms with Crippen LogP contribution in [-0.4, -0.2) is 24.3 Å². The van der Waals surface area contributed by atoms with Gasteiger partial charge < -0.3 is 20.5 Å². The number of benzene rings is 1. The van der Waals surface area contributed by atoms with Crippen molar-refractivity contribution in [3.63, 3.8) is 0 Å². The first-order valence-corrected chi connectivity index (χ1v) is 8.04. The van der Waals surface area contributed by atoms with E-state index >= 15 is 0 Å². The molecule has 1 aromatic heterocycles. The monoisotopic (exact) mass is 318 g/mol. The minimum atomic E-state index is -1.09. The molecule has 1 atom stereocenters. The number of carbonyl (C=O) groups excluding carboxylic acids is 1. The van der Waals surface area contributed by atoms with E-state index in [1.807, 2.05) is 41.8 Å². The van der Waals surface area contributed by atoms with Gasteiger partial charge in [0.25, 0.3) is 0 Å². The first kappa shape index (κ1) is 14.9. The van der Waals surface area contributed by atoms with Crippen LogP contribution < -0.4 is 15.4 Å². The molecule has 116 valence electrons. The molecule has 22 heavy (non-hydrogen) atoms. The summed E-state index contributed by atoms with van der Waals surface area (Å²) in [4.78, 5) is 13.0. The van der Waals surface area contributed by atoms with Crippen molar-refractivity contribution in [3.05, 3.63) is 52.2 Å². The maximum Gasteiger partial charge on any atom is 0.315 e. The summed E-state index contributed by atoms with van der Waals surface area (Å²) in [5, 5.41) is 18.3. The molecule has 0 saturated heterocycles. The number of carbonyl (C=O) groups is 1. The van der Waals surface area contributed by atoms with Gasteiger partial charge in [-0.2, -0.15) is 0 Å². The second-order valence-corrected chi connectivity index (χ2v) is 6.27. The fraction of sp³-hybridized carbons (Fsp3) is 0.312. The Kier molecular flexibility index (Phi) is 4.31. The molecule has 1 aromatic carbocycles. The SMILES string of the molecule is O=C(NCc1cccs1)NC[C@]1(O)CCOc2ccccc21. The largest absolute Gasteiger partial charge is 0.493 e. The standard InChI is InChI=1S/C16H18N2O3S/c19-15(17-10-12-4-3-9-22-12)18-11-16(20)7-8-21-14-6-2-1-5-13(14)16/h1-6,9,20H,7-8,10-11H2,(H2,17,18,19)/t16-/m1/s1. The average molecular weight is 318 g/mol. The van der Waals surface area contributed by atoms with Crippen LogP contribution in [0.4, 0.5) is 4.79 Å². The number of amides is 2. The number of hydrogen-bond acceptors (Lipinski definition) is 4. The Balaban J connectivity index is 1.58. The molecule has 1 aliphatic rings. The van der Waals surface area contributed by atoms with E-state index < -0.39 is 5.60 Å². The highest BCUT2D eigenvalue weighted by molar-refractivity contribution is 7.09. The summed E-state index contributed by atoms with van der Waals surface area (Å²) in [7, 11) is 0. The van der Waals surface area contributed by atoms with Crippen LogP contribution >= 0.6 is 11.3 Å². The quantitative estimate of drug-likeness (QED) is 0.809. The molecule has 2 amide bonds. The molecule has 0 unspecified atom stereocenters. The Hall–Kier alpha value is -2.05. The van der Waals surface area contributed by atoms with Crippen LogP contribution in [-0.2, 0) is 12.1 Å². The lowest BCUT2D eigenvalue weighted by Crippen LogP contribution is -2.46. The van der Waals surface area contributed by atoms with E-state index in [0.29, 0.717) is 25.3 Å². The van der Waals surface area contributed by atoms with E-state index in [0.717, 1.165) is 10.4 Å². The number of fused-ring (bicyclic) bond motifs is 1. The lowest BCUT2D eigenvalue weighted by Gasteiger charge is -2.34. The maximum absolute atomic E-state index is 11.9. The third kappa shape index (κ3) is 3.23. The first-order valence-electron chi connectivity index (χ1n) is 7.16. The van der Waals surface area contributed by atoms with Gasteiger partial charge in [0.2, 0.25) is 0 Å². The maximum atomic E-state index is 11.9. The predicted octanol–water partition coefficient (Wildman–Crippen LogP) is 2.22. The topological polar surface area (TPSA) is 70.6 Å². The van der Waals surface area contributed by atoms with Crippen molar-refractivity contribution in [2.24, 2.45) is 0 Å². The third-order valence-electron chi connectivity index (χ3n) is 3.71. The second kappa shape index (κ2) is 6.37. The summed E-state index contributed by atoms with van der Waals surface area (Å²) < 4.78 is 5.54. The van der Waals surface area contributed by atoms with Gasteiger partial charge in [-0.3, -0.25) is 0 Å². The molecular weight excluding hydrogens is 300 g/mol. The van der Waals surface area contributed by atoms with Gasteiger partial charge in [-0.15, -0.1) is 11.3 Å². The van der Waals surface area contributed by atoms with Crippen LogP contribution in [0.15, 0.2) is 41.8 Å². The van der Waals surface area contributed by atoms with Gasteiger partial charge in [-0.05, 0) is 17.5 Å². The van der Waals surface area contributed by atoms with Crippen LogP contribution in [0.25, 0.3) is 0 Å². The zero-order valence-corrected chi connectivity index (χ0v) is 12.9. The molecule has 0 spiro atoms. The normalized spacial score (nSPS) is 19.9. The van der Waals surface area contributed by atoms with Gasteiger partial charge in [-0.1, -0.05) is 24.3 Å². The summed E-state index contributed by atoms with van der Waals surface area (Å²) >= 11 is 1.59. The molecule has 3 rings (SSSR count). The van der Waals surface area contributed by atoms with E-state index in [-0.39, 0.29) is 12.6 Å². The number of aliphatic hydroxyl groups is 1. The molecule has 1 aliphatic heterocycles. The summed E-state index contributed by atoms with van der Waals surface area (Å²) in [6, 6.07) is 11.0. The Labute approximate surface area is 132 Å². The number of hydrogen-bond donors (Lipinski definition) is 3. The van der Waals surface area contributed by atoms with Crippen molar-refractivity contribution < 1.29 is 14.6 Å². The van der Waals surface area contributed by atoms with E-state index in [1.54, 1.807) is 11.3 Å². The average Bonchev–Trinajstić information content (AvgIpc) is 3.05. The molecule has 3 N–H and O–H groups in total. The highest BCUT2D eigenvalue weighted by Crippen LogP contribution is 2.36. The summed E-state index contributed by atoms with van der Waals surface area (Å²) in [5.74, 6) is 0.678. The molecule has 0 radical (unpaired) electrons. The number of nitrogens with one attached hydrogen (secondary N) is 2. The van der Waals surface area contributed by atoms with Gasteiger partial charge in [0.1, 0.15) is 11.4 Å². The molecule has 0 bridgehead atoms. The van der Waals surface area contributed by atoms with Crippen LogP contribution in [0.2, 0.25) is 0 Å². The molecule has 6 heteroatoms. The van der Waals surface area contributed by atoms with E-state index in [2.05, 4.69) is 10.6 Å². The summed E-state index contributed by atoms with van der Waals surface area (Å²) in [5.41, 5.74) is -0.366. The number of para-hydroxylation sites is 1. The van der Waals surface area contributed by atoms with Crippen LogP contribution in [0.5, 0.6) is 5.75 Å². The van der Waals surface area contributed by atoms with Gasteiger partial charge in [0.05, 0.1) is 19.7 Å². The first-order chi connectivity index (χ1) is 10.7. The van der Waals surface area contributed by atoms with Gasteiger partial charge >= 0.3 is 6.03 Å². The Morgan fingerprint density at radius 1 is 1.27 bits per heavy atom. The number of thiophene rings is 1. The van der Waals surface area contributed by atoms with Crippen molar-refractivity contribution in [2.45, 2.75) is 18.6 Å². The molecular formula is C16H18N2O3S. The molecule has 0 saturated carbocycles. The van der Waals surface area contributed by atoms with E-state index in [9.17, 15) is 9.90 Å². The lowest BCUT2D eigenvalue weighted by atomic mass is 9.88. The zero-order chi connectivity index (χ0) is 15.4. The third-order valence-corrected chi connectivity index (χ3v) is 4.58. The number of urea groups is 1. The van der Waals surface area contributed by atoms with Crippen LogP contribution in [0.3, 0.4) is 0 Å². The van der Waals surface area contributed by atoms with Crippen molar-refractivity contribution in [1.29, 1.82) is 0 Å². The summed E-state index contributed by atoms with van der Waals surface area (Å²) in [6.45, 7) is 1.08. The smallest absolute Gasteiger partial charge is 0.315 e. The number of ether oxygens (including phenoxy) is 1. The van der Waals surface area contributed by atoms with Crippen molar-refractivity contribution in [1.82, 2.24) is 10.6 Å². The molecule has 0 fully saturated rings. The van der Waals surface area contributed by atoms with Crippen molar-refractivity contribution in [3.8, 4) is 5.75 Å². The Morgan fingerprint density at radius 3 is 2.95 bits per heavy atom. The zero-order valence-electron chi connectivity index (χ0n) is 12.0. The van der Waals surface area contributed by atoms with Gasteiger partial charge in [0.15, 0.2) is 0 Å². The van der Waals surface area contributed by atoms with E-state index in [4.69, 9.17) is 4.74 Å². The van der Waals surface area contributed by atoms with Gasteiger partial charge in [0, 0.05) is 16.9 Å². The second-order valence-electron chi connectivity index (χ2n) is 5.24. The van der Waals surface area contributed by atoms with Crippen LogP contribution in [0, 0.1) is 0 Å². The molecule has 5 nitrogen and oxygen atoms in total. The Bertz CT molecular complexity index is 645. The van der Waals surface area contributed by atoms with Crippen molar-refractivity contribution >= 4 is 17.4 Å². The number of rotatable bonds is 4. The van der Waals surface area contributed by atoms with Gasteiger partial charge in [-0.25, -0.2) is 4.79 Å². The fourth-order valence-electron chi connectivity index (χ4n) is 2.49. The molecule has 2 heterocycles. The highest BCUT2D eigenvalue weighted by Gasteiger charge is 2.35.